The van der Waals surface area contributed by atoms with E-state index < -0.39 is 0 Å². The van der Waals surface area contributed by atoms with Crippen LogP contribution in [0.3, 0.4) is 0 Å². The van der Waals surface area contributed by atoms with Crippen molar-refractivity contribution in [3.63, 3.8) is 0 Å². The molecule has 0 N–H and O–H groups in total. The second-order valence-corrected chi connectivity index (χ2v) is 6.12. The fourth-order valence-electron chi connectivity index (χ4n) is 1.72. The Hall–Kier alpha value is -1.20. The summed E-state index contributed by atoms with van der Waals surface area (Å²) in [5.74, 6) is -0.298. The molecule has 0 aromatic carbocycles. The average Bonchev–Trinajstić information content (AvgIpc) is 3.05. The zero-order valence-corrected chi connectivity index (χ0v) is 12.8. The number of esters is 1. The molecule has 0 saturated heterocycles. The van der Waals surface area contributed by atoms with Crippen LogP contribution in [-0.2, 0) is 11.2 Å². The lowest BCUT2D eigenvalue weighted by Gasteiger charge is -2.00. The van der Waals surface area contributed by atoms with Gasteiger partial charge in [0.1, 0.15) is 5.01 Å². The molecule has 2 heterocycles. The second kappa shape index (κ2) is 6.82. The first kappa shape index (κ1) is 14.2. The molecule has 19 heavy (non-hydrogen) atoms. The number of hydrogen-bond acceptors (Lipinski definition) is 5. The molecule has 0 aliphatic rings. The summed E-state index contributed by atoms with van der Waals surface area (Å²) in [4.78, 5) is 18.6. The maximum Gasteiger partial charge on any atom is 0.358 e. The van der Waals surface area contributed by atoms with Gasteiger partial charge in [-0.25, -0.2) is 9.78 Å². The van der Waals surface area contributed by atoms with Crippen LogP contribution in [0.1, 0.15) is 42.1 Å². The molecule has 0 aliphatic heterocycles. The Labute approximate surface area is 121 Å². The van der Waals surface area contributed by atoms with E-state index in [1.807, 2.05) is 24.4 Å². The van der Waals surface area contributed by atoms with Crippen molar-refractivity contribution in [1.82, 2.24) is 4.98 Å². The Morgan fingerprint density at radius 3 is 2.89 bits per heavy atom. The summed E-state index contributed by atoms with van der Waals surface area (Å²) in [6.07, 6.45) is 3.07. The lowest BCUT2D eigenvalue weighted by molar-refractivity contribution is 0.0519. The zero-order valence-electron chi connectivity index (χ0n) is 11.1. The van der Waals surface area contributed by atoms with Crippen molar-refractivity contribution in [3.05, 3.63) is 28.1 Å². The number of ether oxygens (including phenoxy) is 1. The monoisotopic (exact) mass is 295 g/mol. The number of thiazole rings is 1. The van der Waals surface area contributed by atoms with Gasteiger partial charge in [-0.3, -0.25) is 0 Å². The maximum atomic E-state index is 11.9. The van der Waals surface area contributed by atoms with E-state index in [2.05, 4.69) is 11.9 Å². The molecule has 2 rings (SSSR count). The van der Waals surface area contributed by atoms with Gasteiger partial charge in [0.15, 0.2) is 5.69 Å². The van der Waals surface area contributed by atoms with E-state index in [1.165, 1.54) is 0 Å². The molecule has 5 heteroatoms. The number of thiophene rings is 1. The molecule has 0 fully saturated rings. The van der Waals surface area contributed by atoms with E-state index in [1.54, 1.807) is 22.7 Å². The highest BCUT2D eigenvalue weighted by molar-refractivity contribution is 7.21. The van der Waals surface area contributed by atoms with Gasteiger partial charge in [-0.05, 0) is 31.2 Å². The molecule has 0 atom stereocenters. The summed E-state index contributed by atoms with van der Waals surface area (Å²) in [7, 11) is 0. The van der Waals surface area contributed by atoms with E-state index in [0.29, 0.717) is 12.3 Å². The summed E-state index contributed by atoms with van der Waals surface area (Å²) >= 11 is 3.25. The van der Waals surface area contributed by atoms with E-state index in [9.17, 15) is 4.79 Å². The Balaban J connectivity index is 2.30. The van der Waals surface area contributed by atoms with Gasteiger partial charge in [-0.15, -0.1) is 22.7 Å². The van der Waals surface area contributed by atoms with Crippen molar-refractivity contribution >= 4 is 28.6 Å². The van der Waals surface area contributed by atoms with Crippen LogP contribution in [0.4, 0.5) is 0 Å². The average molecular weight is 295 g/mol. The molecule has 0 amide bonds. The predicted molar refractivity (Wildman–Crippen MR) is 80.0 cm³/mol. The van der Waals surface area contributed by atoms with Gasteiger partial charge in [0.05, 0.1) is 11.5 Å². The quantitative estimate of drug-likeness (QED) is 0.742. The highest BCUT2D eigenvalue weighted by atomic mass is 32.1. The first-order chi connectivity index (χ1) is 9.26. The fraction of sp³-hybridized carbons (Fsp3) is 0.429. The first-order valence-corrected chi connectivity index (χ1v) is 8.16. The topological polar surface area (TPSA) is 39.2 Å². The van der Waals surface area contributed by atoms with Gasteiger partial charge in [0.25, 0.3) is 0 Å². The van der Waals surface area contributed by atoms with Crippen LogP contribution in [0.15, 0.2) is 17.5 Å². The van der Waals surface area contributed by atoms with Crippen LogP contribution in [0.25, 0.3) is 9.88 Å². The minimum Gasteiger partial charge on any atom is -0.461 e. The van der Waals surface area contributed by atoms with Gasteiger partial charge in [-0.1, -0.05) is 19.4 Å². The molecule has 3 nitrogen and oxygen atoms in total. The predicted octanol–water partition coefficient (Wildman–Crippen LogP) is 4.39. The van der Waals surface area contributed by atoms with Crippen LogP contribution < -0.4 is 0 Å². The van der Waals surface area contributed by atoms with Crippen LogP contribution in [0, 0.1) is 0 Å². The van der Waals surface area contributed by atoms with Gasteiger partial charge in [0.2, 0.25) is 0 Å². The number of hydrogen-bond donors (Lipinski definition) is 0. The standard InChI is InChI=1S/C14H17NO2S2/c1-3-5-7-10-12(14(16)17-4-2)15-13(19-10)11-8-6-9-18-11/h6,8-9H,3-5,7H2,1-2H3. The fourth-order valence-corrected chi connectivity index (χ4v) is 3.61. The summed E-state index contributed by atoms with van der Waals surface area (Å²) in [5, 5.41) is 2.94. The molecular weight excluding hydrogens is 278 g/mol. The molecule has 2 aromatic heterocycles. The SMILES string of the molecule is CCCCc1sc(-c2cccs2)nc1C(=O)OCC. The molecule has 0 radical (unpaired) electrons. The number of aromatic nitrogens is 1. The summed E-state index contributed by atoms with van der Waals surface area (Å²) < 4.78 is 5.09. The Morgan fingerprint density at radius 1 is 1.42 bits per heavy atom. The minimum absolute atomic E-state index is 0.298. The number of nitrogens with zero attached hydrogens (tertiary/aromatic N) is 1. The Morgan fingerprint density at radius 2 is 2.26 bits per heavy atom. The number of rotatable bonds is 6. The highest BCUT2D eigenvalue weighted by Crippen LogP contribution is 2.32. The normalized spacial score (nSPS) is 10.6. The molecule has 0 saturated carbocycles. The number of carbonyl (C=O) groups excluding carboxylic acids is 1. The lowest BCUT2D eigenvalue weighted by Crippen LogP contribution is -2.07. The lowest BCUT2D eigenvalue weighted by atomic mass is 10.2. The van der Waals surface area contributed by atoms with Gasteiger partial charge in [0, 0.05) is 4.88 Å². The van der Waals surface area contributed by atoms with Crippen molar-refractivity contribution in [1.29, 1.82) is 0 Å². The van der Waals surface area contributed by atoms with Crippen LogP contribution in [-0.4, -0.2) is 17.6 Å². The van der Waals surface area contributed by atoms with Crippen molar-refractivity contribution in [2.75, 3.05) is 6.61 Å². The first-order valence-electron chi connectivity index (χ1n) is 6.47. The summed E-state index contributed by atoms with van der Waals surface area (Å²) in [6.45, 7) is 4.35. The van der Waals surface area contributed by atoms with Crippen molar-refractivity contribution in [3.8, 4) is 9.88 Å². The summed E-state index contributed by atoms with van der Waals surface area (Å²) in [5.41, 5.74) is 0.503. The van der Waals surface area contributed by atoms with Gasteiger partial charge >= 0.3 is 5.97 Å². The third-order valence-corrected chi connectivity index (χ3v) is 4.81. The molecule has 0 aliphatic carbocycles. The van der Waals surface area contributed by atoms with Gasteiger partial charge < -0.3 is 4.74 Å². The molecular formula is C14H17NO2S2. The molecule has 0 spiro atoms. The van der Waals surface area contributed by atoms with E-state index in [-0.39, 0.29) is 5.97 Å². The highest BCUT2D eigenvalue weighted by Gasteiger charge is 2.19. The van der Waals surface area contributed by atoms with Crippen molar-refractivity contribution < 1.29 is 9.53 Å². The van der Waals surface area contributed by atoms with Crippen LogP contribution in [0.2, 0.25) is 0 Å². The zero-order chi connectivity index (χ0) is 13.7. The number of aryl methyl sites for hydroxylation is 1. The molecule has 0 bridgehead atoms. The third-order valence-electron chi connectivity index (χ3n) is 2.66. The maximum absolute atomic E-state index is 11.9. The largest absolute Gasteiger partial charge is 0.461 e. The smallest absolute Gasteiger partial charge is 0.358 e. The van der Waals surface area contributed by atoms with Crippen LogP contribution in [0.5, 0.6) is 0 Å². The summed E-state index contributed by atoms with van der Waals surface area (Å²) in [6, 6.07) is 4.03. The third kappa shape index (κ3) is 3.42. The molecule has 2 aromatic rings. The van der Waals surface area contributed by atoms with Gasteiger partial charge in [-0.2, -0.15) is 0 Å². The van der Waals surface area contributed by atoms with E-state index in [4.69, 9.17) is 4.74 Å². The Kier molecular flexibility index (Phi) is 5.10. The van der Waals surface area contributed by atoms with E-state index in [0.717, 1.165) is 34.0 Å². The Bertz CT molecular complexity index is 532. The van der Waals surface area contributed by atoms with Crippen LogP contribution >= 0.6 is 22.7 Å². The minimum atomic E-state index is -0.298. The second-order valence-electron chi connectivity index (χ2n) is 4.09. The van der Waals surface area contributed by atoms with E-state index >= 15 is 0 Å². The van der Waals surface area contributed by atoms with Crippen molar-refractivity contribution in [2.45, 2.75) is 33.1 Å². The van der Waals surface area contributed by atoms with Crippen molar-refractivity contribution in [2.24, 2.45) is 0 Å². The molecule has 0 unspecified atom stereocenters. The number of unbranched alkanes of at least 4 members (excludes halogenated alkanes) is 1. The molecule has 102 valence electrons. The number of carbonyl (C=O) groups is 1.